The molecule has 0 aliphatic carbocycles. The van der Waals surface area contributed by atoms with Gasteiger partial charge >= 0.3 is 12.1 Å². The van der Waals surface area contributed by atoms with Crippen LogP contribution in [0.1, 0.15) is 24.5 Å². The fourth-order valence-corrected chi connectivity index (χ4v) is 3.79. The van der Waals surface area contributed by atoms with Crippen molar-refractivity contribution in [3.05, 3.63) is 48.5 Å². The molecule has 0 unspecified atom stereocenters. The minimum Gasteiger partial charge on any atom is -0.326 e. The maximum atomic E-state index is 12.8. The third-order valence-corrected chi connectivity index (χ3v) is 5.36. The van der Waals surface area contributed by atoms with Gasteiger partial charge in [0.05, 0.1) is 0 Å². The topological polar surface area (TPSA) is 81.7 Å². The highest BCUT2D eigenvalue weighted by Gasteiger charge is 2.28. The van der Waals surface area contributed by atoms with E-state index in [1.54, 1.807) is 29.4 Å². The number of likely N-dealkylation sites (N-methyl/N-ethyl adjacent to an activating group) is 1. The smallest absolute Gasteiger partial charge is 0.324 e. The zero-order chi connectivity index (χ0) is 19.5. The lowest BCUT2D eigenvalue weighted by Crippen LogP contribution is -2.41. The predicted octanol–water partition coefficient (Wildman–Crippen LogP) is 2.76. The molecule has 0 spiro atoms. The van der Waals surface area contributed by atoms with Gasteiger partial charge < -0.3 is 15.1 Å². The van der Waals surface area contributed by atoms with Crippen LogP contribution in [0.2, 0.25) is 0 Å². The lowest BCUT2D eigenvalue weighted by Gasteiger charge is -2.32. The van der Waals surface area contributed by atoms with Crippen molar-refractivity contribution in [2.24, 2.45) is 0 Å². The Morgan fingerprint density at radius 2 is 2.11 bits per heavy atom. The minimum absolute atomic E-state index is 0.0211. The Morgan fingerprint density at radius 3 is 2.86 bits per heavy atom. The standard InChI is InChI=1S/C20H24N6O2/c1-24-10-11-26(20(24)28)17-6-2-5-16(12-17)23-19(27)25-9-3-4-15(13-25)18-7-8-21-14-22-18/h2,5-8,12,14-15H,3-4,9-11,13H2,1H3,(H,23,27)/t15-/m1/s1. The number of hydrogen-bond donors (Lipinski definition) is 1. The van der Waals surface area contributed by atoms with Crippen LogP contribution in [0.5, 0.6) is 0 Å². The van der Waals surface area contributed by atoms with Gasteiger partial charge in [0.15, 0.2) is 0 Å². The summed E-state index contributed by atoms with van der Waals surface area (Å²) in [6.45, 7) is 2.72. The average molecular weight is 380 g/mol. The molecule has 146 valence electrons. The van der Waals surface area contributed by atoms with E-state index in [1.807, 2.05) is 35.2 Å². The first-order valence-corrected chi connectivity index (χ1v) is 9.56. The summed E-state index contributed by atoms with van der Waals surface area (Å²) in [6, 6.07) is 9.21. The fraction of sp³-hybridized carbons (Fsp3) is 0.400. The quantitative estimate of drug-likeness (QED) is 0.888. The lowest BCUT2D eigenvalue weighted by molar-refractivity contribution is 0.192. The zero-order valence-electron chi connectivity index (χ0n) is 15.9. The highest BCUT2D eigenvalue weighted by Crippen LogP contribution is 2.27. The van der Waals surface area contributed by atoms with Crippen LogP contribution in [0, 0.1) is 0 Å². The Hall–Kier alpha value is -3.16. The highest BCUT2D eigenvalue weighted by molar-refractivity contribution is 5.95. The maximum Gasteiger partial charge on any atom is 0.324 e. The summed E-state index contributed by atoms with van der Waals surface area (Å²) in [6.07, 6.45) is 5.25. The minimum atomic E-state index is -0.124. The monoisotopic (exact) mass is 380 g/mol. The number of amides is 4. The van der Waals surface area contributed by atoms with Gasteiger partial charge in [0.25, 0.3) is 0 Å². The summed E-state index contributed by atoms with van der Waals surface area (Å²) in [5.74, 6) is 0.228. The van der Waals surface area contributed by atoms with Crippen LogP contribution in [0.15, 0.2) is 42.9 Å². The van der Waals surface area contributed by atoms with Gasteiger partial charge in [-0.1, -0.05) is 6.07 Å². The number of hydrogen-bond acceptors (Lipinski definition) is 4. The summed E-state index contributed by atoms with van der Waals surface area (Å²) in [5, 5.41) is 2.98. The van der Waals surface area contributed by atoms with Gasteiger partial charge in [-0.3, -0.25) is 4.90 Å². The second-order valence-corrected chi connectivity index (χ2v) is 7.26. The average Bonchev–Trinajstić information content (AvgIpc) is 3.07. The first-order chi connectivity index (χ1) is 13.6. The molecule has 2 aromatic rings. The van der Waals surface area contributed by atoms with Crippen LogP contribution in [0.4, 0.5) is 21.0 Å². The number of nitrogens with one attached hydrogen (secondary N) is 1. The Morgan fingerprint density at radius 1 is 1.21 bits per heavy atom. The molecule has 3 heterocycles. The van der Waals surface area contributed by atoms with E-state index >= 15 is 0 Å². The summed E-state index contributed by atoms with van der Waals surface area (Å²) in [4.78, 5) is 38.5. The number of rotatable bonds is 3. The third kappa shape index (κ3) is 3.76. The maximum absolute atomic E-state index is 12.8. The molecular formula is C20H24N6O2. The number of anilines is 2. The van der Waals surface area contributed by atoms with Gasteiger partial charge in [-0.15, -0.1) is 0 Å². The number of urea groups is 2. The molecule has 2 saturated heterocycles. The molecule has 2 fully saturated rings. The number of likely N-dealkylation sites (tertiary alicyclic amines) is 1. The van der Waals surface area contributed by atoms with Crippen molar-refractivity contribution >= 4 is 23.4 Å². The number of aromatic nitrogens is 2. The molecule has 28 heavy (non-hydrogen) atoms. The summed E-state index contributed by atoms with van der Waals surface area (Å²) in [5.41, 5.74) is 2.46. The molecule has 1 atom stereocenters. The zero-order valence-corrected chi connectivity index (χ0v) is 15.9. The van der Waals surface area contributed by atoms with Crippen molar-refractivity contribution in [3.8, 4) is 0 Å². The first-order valence-electron chi connectivity index (χ1n) is 9.56. The molecule has 8 nitrogen and oxygen atoms in total. The highest BCUT2D eigenvalue weighted by atomic mass is 16.2. The number of piperidine rings is 1. The van der Waals surface area contributed by atoms with E-state index in [9.17, 15) is 9.59 Å². The van der Waals surface area contributed by atoms with Crippen LogP contribution in [0.25, 0.3) is 0 Å². The molecule has 8 heteroatoms. The molecule has 0 bridgehead atoms. The molecular weight excluding hydrogens is 356 g/mol. The van der Waals surface area contributed by atoms with Gasteiger partial charge in [-0.2, -0.15) is 0 Å². The van der Waals surface area contributed by atoms with Gasteiger partial charge in [0.1, 0.15) is 6.33 Å². The molecule has 2 aliphatic heterocycles. The molecule has 0 saturated carbocycles. The van der Waals surface area contributed by atoms with Crippen molar-refractivity contribution in [2.45, 2.75) is 18.8 Å². The van der Waals surface area contributed by atoms with Crippen LogP contribution in [0.3, 0.4) is 0 Å². The van der Waals surface area contributed by atoms with Crippen molar-refractivity contribution in [3.63, 3.8) is 0 Å². The number of nitrogens with zero attached hydrogens (tertiary/aromatic N) is 5. The molecule has 2 aliphatic rings. The molecule has 1 aromatic carbocycles. The molecule has 1 N–H and O–H groups in total. The van der Waals surface area contributed by atoms with Crippen LogP contribution in [-0.2, 0) is 0 Å². The van der Waals surface area contributed by atoms with E-state index in [2.05, 4.69) is 15.3 Å². The van der Waals surface area contributed by atoms with Crippen molar-refractivity contribution in [2.75, 3.05) is 43.4 Å². The third-order valence-electron chi connectivity index (χ3n) is 5.36. The SMILES string of the molecule is CN1CCN(c2cccc(NC(=O)N3CCC[C@@H](c4ccncn4)C3)c2)C1=O. The van der Waals surface area contributed by atoms with Crippen molar-refractivity contribution in [1.82, 2.24) is 19.8 Å². The Kier molecular flexibility index (Phi) is 5.10. The van der Waals surface area contributed by atoms with E-state index in [1.165, 1.54) is 0 Å². The van der Waals surface area contributed by atoms with Gasteiger partial charge in [0.2, 0.25) is 0 Å². The lowest BCUT2D eigenvalue weighted by atomic mass is 9.95. The largest absolute Gasteiger partial charge is 0.326 e. The van der Waals surface area contributed by atoms with Crippen LogP contribution >= 0.6 is 0 Å². The fourth-order valence-electron chi connectivity index (χ4n) is 3.79. The van der Waals surface area contributed by atoms with Crippen LogP contribution in [-0.4, -0.2) is 65.1 Å². The van der Waals surface area contributed by atoms with E-state index in [-0.39, 0.29) is 18.0 Å². The van der Waals surface area contributed by atoms with E-state index in [0.717, 1.165) is 30.8 Å². The van der Waals surface area contributed by atoms with E-state index in [4.69, 9.17) is 0 Å². The number of benzene rings is 1. The Bertz CT molecular complexity index is 859. The van der Waals surface area contributed by atoms with E-state index < -0.39 is 0 Å². The normalized spacial score (nSPS) is 19.8. The second-order valence-electron chi connectivity index (χ2n) is 7.26. The summed E-state index contributed by atoms with van der Waals surface area (Å²) < 4.78 is 0. The van der Waals surface area contributed by atoms with Gasteiger partial charge in [-0.05, 0) is 37.1 Å². The number of carbonyl (C=O) groups is 2. The molecule has 4 rings (SSSR count). The van der Waals surface area contributed by atoms with Crippen LogP contribution < -0.4 is 10.2 Å². The van der Waals surface area contributed by atoms with Crippen molar-refractivity contribution < 1.29 is 9.59 Å². The number of carbonyl (C=O) groups excluding carboxylic acids is 2. The molecule has 4 amide bonds. The summed E-state index contributed by atoms with van der Waals surface area (Å²) in [7, 11) is 1.79. The van der Waals surface area contributed by atoms with E-state index in [0.29, 0.717) is 25.3 Å². The molecule has 0 radical (unpaired) electrons. The van der Waals surface area contributed by atoms with Gasteiger partial charge in [0, 0.05) is 62.4 Å². The second kappa shape index (κ2) is 7.84. The molecule has 1 aromatic heterocycles. The van der Waals surface area contributed by atoms with Crippen molar-refractivity contribution in [1.29, 1.82) is 0 Å². The Labute approximate surface area is 164 Å². The van der Waals surface area contributed by atoms with Gasteiger partial charge in [-0.25, -0.2) is 19.6 Å². The first kappa shape index (κ1) is 18.2. The Balaban J connectivity index is 1.42. The summed E-state index contributed by atoms with van der Waals surface area (Å²) >= 11 is 0. The predicted molar refractivity (Wildman–Crippen MR) is 106 cm³/mol.